The number of amides is 2. The molecule has 156 valence electrons. The third-order valence-corrected chi connectivity index (χ3v) is 4.50. The smallest absolute Gasteiger partial charge is 0.313 e. The number of rotatable bonds is 8. The van der Waals surface area contributed by atoms with E-state index in [1.807, 2.05) is 69.2 Å². The summed E-state index contributed by atoms with van der Waals surface area (Å²) in [4.78, 5) is 28.5. The molecule has 0 unspecified atom stereocenters. The zero-order valence-electron chi connectivity index (χ0n) is 17.7. The lowest BCUT2D eigenvalue weighted by Crippen LogP contribution is -2.40. The lowest BCUT2D eigenvalue weighted by Gasteiger charge is -2.25. The van der Waals surface area contributed by atoms with Crippen LogP contribution in [-0.2, 0) is 9.59 Å². The number of carbonyl (C=O) groups excluding carboxylic acids is 2. The summed E-state index contributed by atoms with van der Waals surface area (Å²) in [6.45, 7) is 2.79. The van der Waals surface area contributed by atoms with Gasteiger partial charge in [0.25, 0.3) is 0 Å². The Hall–Kier alpha value is -3.06. The Labute approximate surface area is 172 Å². The summed E-state index contributed by atoms with van der Waals surface area (Å²) in [6.07, 6.45) is 0. The van der Waals surface area contributed by atoms with Crippen LogP contribution in [0.2, 0.25) is 0 Å². The average molecular weight is 399 g/mol. The van der Waals surface area contributed by atoms with Crippen LogP contribution in [-0.4, -0.2) is 58.1 Å². The molecule has 0 spiro atoms. The highest BCUT2D eigenvalue weighted by molar-refractivity contribution is 6.39. The molecule has 0 heterocycles. The molecule has 29 heavy (non-hydrogen) atoms. The molecule has 0 fully saturated rings. The fourth-order valence-electron chi connectivity index (χ4n) is 2.85. The van der Waals surface area contributed by atoms with Crippen molar-refractivity contribution in [2.45, 2.75) is 13.0 Å². The molecule has 2 rings (SSSR count). The second-order valence-electron chi connectivity index (χ2n) is 7.09. The van der Waals surface area contributed by atoms with Crippen molar-refractivity contribution < 1.29 is 14.3 Å². The van der Waals surface area contributed by atoms with Gasteiger partial charge in [0.05, 0.1) is 12.6 Å². The van der Waals surface area contributed by atoms with Crippen molar-refractivity contribution in [1.82, 2.24) is 10.2 Å². The van der Waals surface area contributed by atoms with Crippen molar-refractivity contribution in [3.8, 4) is 5.75 Å². The number of nitrogens with one attached hydrogen (secondary N) is 2. The van der Waals surface area contributed by atoms with Crippen LogP contribution in [0, 0.1) is 0 Å². The molecular formula is C22H30N4O3. The summed E-state index contributed by atoms with van der Waals surface area (Å²) in [7, 11) is 7.86. The van der Waals surface area contributed by atoms with Gasteiger partial charge in [-0.25, -0.2) is 0 Å². The fraction of sp³-hybridized carbons (Fsp3) is 0.364. The van der Waals surface area contributed by atoms with Gasteiger partial charge in [-0.1, -0.05) is 12.1 Å². The normalized spacial score (nSPS) is 11.7. The van der Waals surface area contributed by atoms with Gasteiger partial charge in [0.15, 0.2) is 0 Å². The summed E-state index contributed by atoms with van der Waals surface area (Å²) in [5.41, 5.74) is 2.70. The quantitative estimate of drug-likeness (QED) is 0.669. The van der Waals surface area contributed by atoms with Crippen LogP contribution in [0.25, 0.3) is 0 Å². The van der Waals surface area contributed by atoms with Crippen molar-refractivity contribution in [3.63, 3.8) is 0 Å². The first-order valence-corrected chi connectivity index (χ1v) is 9.57. The molecule has 0 saturated carbocycles. The van der Waals surface area contributed by atoms with E-state index in [1.54, 1.807) is 24.3 Å². The predicted molar refractivity (Wildman–Crippen MR) is 116 cm³/mol. The molecule has 0 aromatic heterocycles. The first-order chi connectivity index (χ1) is 13.8. The van der Waals surface area contributed by atoms with E-state index in [-0.39, 0.29) is 6.04 Å². The van der Waals surface area contributed by atoms with Gasteiger partial charge >= 0.3 is 11.8 Å². The van der Waals surface area contributed by atoms with Gasteiger partial charge in [0.1, 0.15) is 5.75 Å². The van der Waals surface area contributed by atoms with Crippen LogP contribution in [0.3, 0.4) is 0 Å². The number of hydrogen-bond donors (Lipinski definition) is 2. The van der Waals surface area contributed by atoms with Crippen LogP contribution in [0.5, 0.6) is 5.75 Å². The minimum Gasteiger partial charge on any atom is -0.494 e. The highest BCUT2D eigenvalue weighted by Gasteiger charge is 2.19. The molecule has 0 aliphatic carbocycles. The molecular weight excluding hydrogens is 368 g/mol. The second kappa shape index (κ2) is 10.5. The van der Waals surface area contributed by atoms with Crippen molar-refractivity contribution >= 4 is 23.2 Å². The lowest BCUT2D eigenvalue weighted by molar-refractivity contribution is -0.136. The highest BCUT2D eigenvalue weighted by atomic mass is 16.5. The third-order valence-electron chi connectivity index (χ3n) is 4.50. The maximum atomic E-state index is 12.2. The van der Waals surface area contributed by atoms with Gasteiger partial charge in [0, 0.05) is 32.0 Å². The molecule has 1 atom stereocenters. The molecule has 0 radical (unpaired) electrons. The van der Waals surface area contributed by atoms with Crippen molar-refractivity contribution in [2.24, 2.45) is 0 Å². The molecule has 0 aliphatic heterocycles. The van der Waals surface area contributed by atoms with Crippen molar-refractivity contribution in [1.29, 1.82) is 0 Å². The summed E-state index contributed by atoms with van der Waals surface area (Å²) in [5, 5.41) is 5.32. The predicted octanol–water partition coefficient (Wildman–Crippen LogP) is 2.51. The zero-order valence-corrected chi connectivity index (χ0v) is 17.7. The van der Waals surface area contributed by atoms with E-state index in [0.717, 1.165) is 11.3 Å². The average Bonchev–Trinajstić information content (AvgIpc) is 2.69. The maximum absolute atomic E-state index is 12.2. The Kier molecular flexibility index (Phi) is 8.03. The second-order valence-corrected chi connectivity index (χ2v) is 7.09. The Balaban J connectivity index is 1.94. The Bertz CT molecular complexity index is 802. The highest BCUT2D eigenvalue weighted by Crippen LogP contribution is 2.21. The number of hydrogen-bond acceptors (Lipinski definition) is 5. The fourth-order valence-corrected chi connectivity index (χ4v) is 2.85. The van der Waals surface area contributed by atoms with Crippen LogP contribution >= 0.6 is 0 Å². The Morgan fingerprint density at radius 3 is 2.07 bits per heavy atom. The van der Waals surface area contributed by atoms with Gasteiger partial charge in [-0.3, -0.25) is 9.59 Å². The van der Waals surface area contributed by atoms with Crippen LogP contribution in [0.1, 0.15) is 18.5 Å². The van der Waals surface area contributed by atoms with E-state index in [0.29, 0.717) is 24.6 Å². The Morgan fingerprint density at radius 1 is 0.931 bits per heavy atom. The van der Waals surface area contributed by atoms with Crippen molar-refractivity contribution in [2.75, 3.05) is 51.6 Å². The summed E-state index contributed by atoms with van der Waals surface area (Å²) >= 11 is 0. The first-order valence-electron chi connectivity index (χ1n) is 9.57. The molecule has 2 aromatic carbocycles. The van der Waals surface area contributed by atoms with Crippen molar-refractivity contribution in [3.05, 3.63) is 54.1 Å². The largest absolute Gasteiger partial charge is 0.494 e. The van der Waals surface area contributed by atoms with Crippen LogP contribution in [0.15, 0.2) is 48.5 Å². The maximum Gasteiger partial charge on any atom is 0.313 e. The molecule has 0 saturated heterocycles. The van der Waals surface area contributed by atoms with Gasteiger partial charge in [0.2, 0.25) is 0 Å². The molecule has 2 N–H and O–H groups in total. The first kappa shape index (κ1) is 22.2. The topological polar surface area (TPSA) is 73.9 Å². The van der Waals surface area contributed by atoms with E-state index in [2.05, 4.69) is 10.6 Å². The van der Waals surface area contributed by atoms with E-state index in [4.69, 9.17) is 4.74 Å². The molecule has 2 amide bonds. The van der Waals surface area contributed by atoms with Gasteiger partial charge < -0.3 is 25.2 Å². The van der Waals surface area contributed by atoms with Gasteiger partial charge in [-0.2, -0.15) is 0 Å². The summed E-state index contributed by atoms with van der Waals surface area (Å²) in [5.74, 6) is -0.658. The number of nitrogens with zero attached hydrogens (tertiary/aromatic N) is 2. The molecule has 0 bridgehead atoms. The number of likely N-dealkylation sites (N-methyl/N-ethyl adjacent to an activating group) is 1. The lowest BCUT2D eigenvalue weighted by atomic mass is 10.1. The van der Waals surface area contributed by atoms with E-state index >= 15 is 0 Å². The van der Waals surface area contributed by atoms with Gasteiger partial charge in [-0.15, -0.1) is 0 Å². The van der Waals surface area contributed by atoms with Crippen LogP contribution in [0.4, 0.5) is 11.4 Å². The summed E-state index contributed by atoms with van der Waals surface area (Å²) < 4.78 is 5.36. The minimum atomic E-state index is -0.699. The molecule has 2 aromatic rings. The van der Waals surface area contributed by atoms with E-state index in [9.17, 15) is 9.59 Å². The molecule has 7 heteroatoms. The number of benzene rings is 2. The number of ether oxygens (including phenoxy) is 1. The third kappa shape index (κ3) is 6.50. The minimum absolute atomic E-state index is 0.0477. The number of anilines is 2. The Morgan fingerprint density at radius 2 is 1.55 bits per heavy atom. The van der Waals surface area contributed by atoms with Gasteiger partial charge in [-0.05, 0) is 63.0 Å². The molecule has 0 aliphatic rings. The SMILES string of the molecule is CCOc1ccc(NC(=O)C(=O)NC[C@H](c2ccc(N(C)C)cc2)N(C)C)cc1. The van der Waals surface area contributed by atoms with Crippen LogP contribution < -0.4 is 20.3 Å². The van der Waals surface area contributed by atoms with E-state index < -0.39 is 11.8 Å². The number of carbonyl (C=O) groups is 2. The van der Waals surface area contributed by atoms with E-state index in [1.165, 1.54) is 0 Å². The summed E-state index contributed by atoms with van der Waals surface area (Å²) in [6, 6.07) is 15.0. The zero-order chi connectivity index (χ0) is 21.4. The standard InChI is InChI=1S/C22H30N4O3/c1-6-29-19-13-9-17(10-14-19)24-22(28)21(27)23-15-20(26(4)5)16-7-11-18(12-8-16)25(2)3/h7-14,20H,6,15H2,1-5H3,(H,23,27)(H,24,28)/t20-/m1/s1. The monoisotopic (exact) mass is 398 g/mol. The molecule has 7 nitrogen and oxygen atoms in total.